The Morgan fingerprint density at radius 1 is 1.04 bits per heavy atom. The van der Waals surface area contributed by atoms with Crippen LogP contribution < -0.4 is 4.90 Å². The molecule has 124 valence electrons. The van der Waals surface area contributed by atoms with Crippen LogP contribution in [0.4, 0.5) is 5.82 Å². The van der Waals surface area contributed by atoms with Crippen molar-refractivity contribution in [1.82, 2.24) is 24.6 Å². The SMILES string of the molecule is CCn1cc(CN2CCN(c3ncnc4ccccc34)CC2)cn1. The van der Waals surface area contributed by atoms with Gasteiger partial charge in [-0.25, -0.2) is 9.97 Å². The lowest BCUT2D eigenvalue weighted by Crippen LogP contribution is -2.46. The zero-order valence-electron chi connectivity index (χ0n) is 14.0. The third kappa shape index (κ3) is 2.97. The van der Waals surface area contributed by atoms with Gasteiger partial charge >= 0.3 is 0 Å². The van der Waals surface area contributed by atoms with Crippen LogP contribution in [0.1, 0.15) is 12.5 Å². The summed E-state index contributed by atoms with van der Waals surface area (Å²) in [5.74, 6) is 1.05. The normalized spacial score (nSPS) is 16.0. The largest absolute Gasteiger partial charge is 0.353 e. The number of para-hydroxylation sites is 1. The minimum absolute atomic E-state index is 0.925. The first kappa shape index (κ1) is 15.1. The molecule has 1 fully saturated rings. The Morgan fingerprint density at radius 3 is 2.67 bits per heavy atom. The molecule has 0 spiro atoms. The number of aryl methyl sites for hydroxylation is 1. The first-order valence-corrected chi connectivity index (χ1v) is 8.52. The molecule has 0 bridgehead atoms. The van der Waals surface area contributed by atoms with Crippen LogP contribution in [0.2, 0.25) is 0 Å². The Bertz CT molecular complexity index is 814. The summed E-state index contributed by atoms with van der Waals surface area (Å²) in [6.45, 7) is 8.06. The predicted octanol–water partition coefficient (Wildman–Crippen LogP) is 2.17. The van der Waals surface area contributed by atoms with Gasteiger partial charge in [-0.2, -0.15) is 5.10 Å². The van der Waals surface area contributed by atoms with E-state index >= 15 is 0 Å². The topological polar surface area (TPSA) is 50.1 Å². The first-order chi connectivity index (χ1) is 11.8. The molecule has 3 aromatic rings. The zero-order valence-corrected chi connectivity index (χ0v) is 14.0. The molecule has 6 nitrogen and oxygen atoms in total. The van der Waals surface area contributed by atoms with E-state index in [0.717, 1.165) is 56.0 Å². The lowest BCUT2D eigenvalue weighted by Gasteiger charge is -2.35. The zero-order chi connectivity index (χ0) is 16.4. The lowest BCUT2D eigenvalue weighted by atomic mass is 10.2. The molecule has 0 saturated carbocycles. The number of hydrogen-bond acceptors (Lipinski definition) is 5. The van der Waals surface area contributed by atoms with Crippen molar-refractivity contribution >= 4 is 16.7 Å². The molecule has 0 N–H and O–H groups in total. The Labute approximate surface area is 141 Å². The van der Waals surface area contributed by atoms with Gasteiger partial charge in [0.2, 0.25) is 0 Å². The fourth-order valence-corrected chi connectivity index (χ4v) is 3.28. The molecule has 1 aliphatic heterocycles. The lowest BCUT2D eigenvalue weighted by molar-refractivity contribution is 0.249. The van der Waals surface area contributed by atoms with Crippen molar-refractivity contribution in [3.63, 3.8) is 0 Å². The van der Waals surface area contributed by atoms with Crippen LogP contribution in [0.25, 0.3) is 10.9 Å². The summed E-state index contributed by atoms with van der Waals surface area (Å²) in [5.41, 5.74) is 2.30. The third-order valence-electron chi connectivity index (χ3n) is 4.61. The third-order valence-corrected chi connectivity index (χ3v) is 4.61. The summed E-state index contributed by atoms with van der Waals surface area (Å²) in [5, 5.41) is 5.50. The van der Waals surface area contributed by atoms with Gasteiger partial charge in [-0.1, -0.05) is 12.1 Å². The van der Waals surface area contributed by atoms with E-state index in [1.165, 1.54) is 5.56 Å². The van der Waals surface area contributed by atoms with Gasteiger partial charge in [-0.15, -0.1) is 0 Å². The fraction of sp³-hybridized carbons (Fsp3) is 0.389. The second-order valence-corrected chi connectivity index (χ2v) is 6.18. The molecule has 0 aliphatic carbocycles. The van der Waals surface area contributed by atoms with Gasteiger partial charge in [0.05, 0.1) is 11.7 Å². The molecule has 6 heteroatoms. The minimum atomic E-state index is 0.925. The number of benzene rings is 1. The van der Waals surface area contributed by atoms with Crippen molar-refractivity contribution < 1.29 is 0 Å². The summed E-state index contributed by atoms with van der Waals surface area (Å²) >= 11 is 0. The van der Waals surface area contributed by atoms with Crippen LogP contribution in [0.5, 0.6) is 0 Å². The highest BCUT2D eigenvalue weighted by Gasteiger charge is 2.20. The Morgan fingerprint density at radius 2 is 1.88 bits per heavy atom. The maximum Gasteiger partial charge on any atom is 0.139 e. The van der Waals surface area contributed by atoms with Gasteiger partial charge < -0.3 is 4.90 Å². The summed E-state index contributed by atoms with van der Waals surface area (Å²) in [6.07, 6.45) is 5.79. The van der Waals surface area contributed by atoms with Gasteiger partial charge in [-0.05, 0) is 19.1 Å². The van der Waals surface area contributed by atoms with E-state index in [9.17, 15) is 0 Å². The van der Waals surface area contributed by atoms with E-state index in [2.05, 4.69) is 50.1 Å². The molecule has 0 amide bonds. The van der Waals surface area contributed by atoms with Crippen LogP contribution in [0.3, 0.4) is 0 Å². The van der Waals surface area contributed by atoms with Crippen molar-refractivity contribution in [2.75, 3.05) is 31.1 Å². The molecular weight excluding hydrogens is 300 g/mol. The Kier molecular flexibility index (Phi) is 4.13. The van der Waals surface area contributed by atoms with Crippen LogP contribution in [-0.2, 0) is 13.1 Å². The van der Waals surface area contributed by atoms with Crippen molar-refractivity contribution in [2.24, 2.45) is 0 Å². The number of anilines is 1. The fourth-order valence-electron chi connectivity index (χ4n) is 3.28. The average molecular weight is 322 g/mol. The number of nitrogens with zero attached hydrogens (tertiary/aromatic N) is 6. The quantitative estimate of drug-likeness (QED) is 0.737. The van der Waals surface area contributed by atoms with Crippen LogP contribution in [0, 0.1) is 0 Å². The molecule has 2 aromatic heterocycles. The van der Waals surface area contributed by atoms with Crippen LogP contribution >= 0.6 is 0 Å². The maximum atomic E-state index is 4.54. The van der Waals surface area contributed by atoms with Gasteiger partial charge in [0.25, 0.3) is 0 Å². The van der Waals surface area contributed by atoms with E-state index in [-0.39, 0.29) is 0 Å². The summed E-state index contributed by atoms with van der Waals surface area (Å²) < 4.78 is 1.98. The molecule has 0 radical (unpaired) electrons. The number of rotatable bonds is 4. The monoisotopic (exact) mass is 322 g/mol. The van der Waals surface area contributed by atoms with Crippen LogP contribution in [0.15, 0.2) is 43.0 Å². The molecular formula is C18H22N6. The van der Waals surface area contributed by atoms with Gasteiger partial charge in [0.1, 0.15) is 12.1 Å². The maximum absolute atomic E-state index is 4.54. The van der Waals surface area contributed by atoms with E-state index in [1.54, 1.807) is 6.33 Å². The number of aromatic nitrogens is 4. The molecule has 1 aliphatic rings. The summed E-state index contributed by atoms with van der Waals surface area (Å²) in [6, 6.07) is 8.22. The standard InChI is InChI=1S/C18H22N6/c1-2-24-13-15(11-21-24)12-22-7-9-23(10-8-22)18-16-5-3-4-6-17(16)19-14-20-18/h3-6,11,13-14H,2,7-10,12H2,1H3. The molecule has 0 atom stereocenters. The Balaban J connectivity index is 1.44. The average Bonchev–Trinajstić information content (AvgIpc) is 3.09. The van der Waals surface area contributed by atoms with Crippen molar-refractivity contribution in [3.8, 4) is 0 Å². The summed E-state index contributed by atoms with van der Waals surface area (Å²) in [7, 11) is 0. The number of fused-ring (bicyclic) bond motifs is 1. The smallest absolute Gasteiger partial charge is 0.139 e. The van der Waals surface area contributed by atoms with Gasteiger partial charge in [-0.3, -0.25) is 9.58 Å². The Hall–Kier alpha value is -2.47. The molecule has 4 rings (SSSR count). The molecule has 0 unspecified atom stereocenters. The molecule has 3 heterocycles. The highest BCUT2D eigenvalue weighted by molar-refractivity contribution is 5.89. The van der Waals surface area contributed by atoms with Crippen LogP contribution in [-0.4, -0.2) is 50.8 Å². The molecule has 1 aromatic carbocycles. The minimum Gasteiger partial charge on any atom is -0.353 e. The van der Waals surface area contributed by atoms with Gasteiger partial charge in [0.15, 0.2) is 0 Å². The predicted molar refractivity (Wildman–Crippen MR) is 94.9 cm³/mol. The number of hydrogen-bond donors (Lipinski definition) is 0. The van der Waals surface area contributed by atoms with E-state index in [1.807, 2.05) is 23.0 Å². The molecule has 1 saturated heterocycles. The molecule has 24 heavy (non-hydrogen) atoms. The van der Waals surface area contributed by atoms with Crippen molar-refractivity contribution in [2.45, 2.75) is 20.0 Å². The second kappa shape index (κ2) is 6.57. The summed E-state index contributed by atoms with van der Waals surface area (Å²) in [4.78, 5) is 13.8. The van der Waals surface area contributed by atoms with Gasteiger partial charge in [0, 0.05) is 56.4 Å². The highest BCUT2D eigenvalue weighted by atomic mass is 15.3. The number of piperazine rings is 1. The van der Waals surface area contributed by atoms with E-state index in [4.69, 9.17) is 0 Å². The van der Waals surface area contributed by atoms with Crippen molar-refractivity contribution in [1.29, 1.82) is 0 Å². The van der Waals surface area contributed by atoms with Crippen molar-refractivity contribution in [3.05, 3.63) is 48.5 Å². The second-order valence-electron chi connectivity index (χ2n) is 6.18. The van der Waals surface area contributed by atoms with E-state index in [0.29, 0.717) is 0 Å². The van der Waals surface area contributed by atoms with E-state index < -0.39 is 0 Å². The first-order valence-electron chi connectivity index (χ1n) is 8.52. The highest BCUT2D eigenvalue weighted by Crippen LogP contribution is 2.23.